The number of rotatable bonds is 1. The third kappa shape index (κ3) is 1.27. The number of hydrogen-bond donors (Lipinski definition) is 0. The molecule has 0 amide bonds. The number of nitrogens with zero attached hydrogens (tertiary/aromatic N) is 2. The minimum atomic E-state index is 0.754. The zero-order chi connectivity index (χ0) is 8.55. The summed E-state index contributed by atoms with van der Waals surface area (Å²) in [6, 6.07) is 1.97. The van der Waals surface area contributed by atoms with E-state index in [1.165, 1.54) is 0 Å². The van der Waals surface area contributed by atoms with Gasteiger partial charge in [-0.25, -0.2) is 0 Å². The Labute approximate surface area is 77.2 Å². The molecular weight excluding hydrogens is 172 g/mol. The molecule has 0 atom stereocenters. The molecule has 0 aromatic carbocycles. The van der Waals surface area contributed by atoms with Crippen molar-refractivity contribution in [2.45, 2.75) is 6.92 Å². The van der Waals surface area contributed by atoms with E-state index in [1.54, 1.807) is 12.4 Å². The van der Waals surface area contributed by atoms with Crippen molar-refractivity contribution >= 4 is 17.3 Å². The molecule has 12 heavy (non-hydrogen) atoms. The summed E-state index contributed by atoms with van der Waals surface area (Å²) in [7, 11) is 0. The molecule has 0 radical (unpaired) electrons. The monoisotopic (exact) mass is 182 g/mol. The first-order valence-corrected chi connectivity index (χ1v) is 4.49. The summed E-state index contributed by atoms with van der Waals surface area (Å²) in [4.78, 5) is 6.22. The predicted molar refractivity (Wildman–Crippen MR) is 50.6 cm³/mol. The molecule has 0 saturated carbocycles. The Morgan fingerprint density at radius 2 is 2.33 bits per heavy atom. The van der Waals surface area contributed by atoms with Crippen LogP contribution in [0.5, 0.6) is 0 Å². The first-order chi connectivity index (χ1) is 5.77. The Bertz CT molecular complexity index is 282. The van der Waals surface area contributed by atoms with Crippen molar-refractivity contribution in [3.05, 3.63) is 23.5 Å². The molecule has 0 aliphatic carbocycles. The molecule has 0 spiro atoms. The van der Waals surface area contributed by atoms with Crippen molar-refractivity contribution in [2.24, 2.45) is 5.92 Å². The van der Waals surface area contributed by atoms with Crippen molar-refractivity contribution < 1.29 is 0 Å². The minimum absolute atomic E-state index is 0.754. The van der Waals surface area contributed by atoms with E-state index in [0.717, 1.165) is 29.7 Å². The van der Waals surface area contributed by atoms with E-state index in [1.807, 2.05) is 6.07 Å². The molecule has 0 N–H and O–H groups in total. The van der Waals surface area contributed by atoms with Gasteiger partial charge >= 0.3 is 0 Å². The number of anilines is 1. The third-order valence-electron chi connectivity index (χ3n) is 2.16. The van der Waals surface area contributed by atoms with Crippen molar-refractivity contribution in [3.63, 3.8) is 0 Å². The minimum Gasteiger partial charge on any atom is -0.370 e. The summed E-state index contributed by atoms with van der Waals surface area (Å²) in [5, 5.41) is 0.754. The van der Waals surface area contributed by atoms with E-state index in [-0.39, 0.29) is 0 Å². The van der Waals surface area contributed by atoms with E-state index in [4.69, 9.17) is 11.6 Å². The summed E-state index contributed by atoms with van der Waals surface area (Å²) in [6.45, 7) is 4.47. The fraction of sp³-hybridized carbons (Fsp3) is 0.444. The summed E-state index contributed by atoms with van der Waals surface area (Å²) >= 11 is 5.98. The van der Waals surface area contributed by atoms with E-state index in [9.17, 15) is 0 Å². The van der Waals surface area contributed by atoms with Crippen LogP contribution in [0.25, 0.3) is 0 Å². The molecule has 1 aromatic heterocycles. The molecule has 1 aliphatic rings. The largest absolute Gasteiger partial charge is 0.370 e. The second-order valence-electron chi connectivity index (χ2n) is 3.34. The second-order valence-corrected chi connectivity index (χ2v) is 3.74. The van der Waals surface area contributed by atoms with Gasteiger partial charge in [-0.05, 0) is 12.0 Å². The van der Waals surface area contributed by atoms with Gasteiger partial charge in [0.05, 0.1) is 10.7 Å². The van der Waals surface area contributed by atoms with Gasteiger partial charge in [-0.15, -0.1) is 0 Å². The molecule has 1 aliphatic heterocycles. The van der Waals surface area contributed by atoms with Gasteiger partial charge in [0, 0.05) is 25.5 Å². The molecular formula is C9H11ClN2. The van der Waals surface area contributed by atoms with Crippen molar-refractivity contribution in [3.8, 4) is 0 Å². The standard InChI is InChI=1S/C9H11ClN2/c1-7-5-12(6-7)9-2-3-11-4-8(9)10/h2-4,7H,5-6H2,1H3. The average molecular weight is 183 g/mol. The van der Waals surface area contributed by atoms with Crippen LogP contribution in [0, 0.1) is 5.92 Å². The van der Waals surface area contributed by atoms with E-state index >= 15 is 0 Å². The van der Waals surface area contributed by atoms with Crippen LogP contribution < -0.4 is 4.90 Å². The molecule has 1 aromatic rings. The van der Waals surface area contributed by atoms with Gasteiger partial charge in [0.2, 0.25) is 0 Å². The highest BCUT2D eigenvalue weighted by molar-refractivity contribution is 6.33. The normalized spacial score (nSPS) is 17.7. The number of aromatic nitrogens is 1. The SMILES string of the molecule is CC1CN(c2ccncc2Cl)C1. The first kappa shape index (κ1) is 7.87. The molecule has 0 bridgehead atoms. The molecule has 1 saturated heterocycles. The van der Waals surface area contributed by atoms with Crippen LogP contribution in [0.2, 0.25) is 5.02 Å². The number of pyridine rings is 1. The summed E-state index contributed by atoms with van der Waals surface area (Å²) < 4.78 is 0. The van der Waals surface area contributed by atoms with E-state index < -0.39 is 0 Å². The zero-order valence-corrected chi connectivity index (χ0v) is 7.75. The lowest BCUT2D eigenvalue weighted by molar-refractivity contribution is 0.447. The van der Waals surface area contributed by atoms with Crippen LogP contribution in [0.4, 0.5) is 5.69 Å². The Balaban J connectivity index is 2.18. The topological polar surface area (TPSA) is 16.1 Å². The Morgan fingerprint density at radius 3 is 2.92 bits per heavy atom. The molecule has 2 rings (SSSR count). The highest BCUT2D eigenvalue weighted by Gasteiger charge is 2.23. The van der Waals surface area contributed by atoms with Crippen molar-refractivity contribution in [1.29, 1.82) is 0 Å². The maximum absolute atomic E-state index is 5.98. The van der Waals surface area contributed by atoms with E-state index in [0.29, 0.717) is 0 Å². The lowest BCUT2D eigenvalue weighted by atomic mass is 10.0. The molecule has 0 unspecified atom stereocenters. The van der Waals surface area contributed by atoms with Crippen LogP contribution >= 0.6 is 11.6 Å². The van der Waals surface area contributed by atoms with Gasteiger partial charge in [0.25, 0.3) is 0 Å². The van der Waals surface area contributed by atoms with Crippen molar-refractivity contribution in [1.82, 2.24) is 4.98 Å². The van der Waals surface area contributed by atoms with Crippen LogP contribution in [-0.2, 0) is 0 Å². The van der Waals surface area contributed by atoms with E-state index in [2.05, 4.69) is 16.8 Å². The smallest absolute Gasteiger partial charge is 0.0822 e. The van der Waals surface area contributed by atoms with Gasteiger partial charge in [0.15, 0.2) is 0 Å². The van der Waals surface area contributed by atoms with Crippen LogP contribution in [-0.4, -0.2) is 18.1 Å². The van der Waals surface area contributed by atoms with Gasteiger partial charge in [-0.1, -0.05) is 18.5 Å². The first-order valence-electron chi connectivity index (χ1n) is 4.12. The Morgan fingerprint density at radius 1 is 1.58 bits per heavy atom. The highest BCUT2D eigenvalue weighted by Crippen LogP contribution is 2.29. The molecule has 64 valence electrons. The molecule has 3 heteroatoms. The van der Waals surface area contributed by atoms with Gasteiger partial charge in [-0.2, -0.15) is 0 Å². The average Bonchev–Trinajstić information content (AvgIpc) is 2.01. The Kier molecular flexibility index (Phi) is 1.93. The number of halogens is 1. The van der Waals surface area contributed by atoms with Gasteiger partial charge < -0.3 is 4.90 Å². The Hall–Kier alpha value is -0.760. The second kappa shape index (κ2) is 2.94. The summed E-state index contributed by atoms with van der Waals surface area (Å²) in [6.07, 6.45) is 3.48. The maximum atomic E-state index is 5.98. The quantitative estimate of drug-likeness (QED) is 0.662. The van der Waals surface area contributed by atoms with Crippen molar-refractivity contribution in [2.75, 3.05) is 18.0 Å². The predicted octanol–water partition coefficient (Wildman–Crippen LogP) is 2.19. The highest BCUT2D eigenvalue weighted by atomic mass is 35.5. The summed E-state index contributed by atoms with van der Waals surface area (Å²) in [5.41, 5.74) is 1.12. The fourth-order valence-corrected chi connectivity index (χ4v) is 1.76. The number of hydrogen-bond acceptors (Lipinski definition) is 2. The molecule has 2 nitrogen and oxygen atoms in total. The van der Waals surface area contributed by atoms with Crippen LogP contribution in [0.1, 0.15) is 6.92 Å². The molecule has 1 fully saturated rings. The van der Waals surface area contributed by atoms with Crippen LogP contribution in [0.3, 0.4) is 0 Å². The van der Waals surface area contributed by atoms with Gasteiger partial charge in [-0.3, -0.25) is 4.98 Å². The fourth-order valence-electron chi connectivity index (χ4n) is 1.52. The van der Waals surface area contributed by atoms with Crippen LogP contribution in [0.15, 0.2) is 18.5 Å². The van der Waals surface area contributed by atoms with Gasteiger partial charge in [0.1, 0.15) is 0 Å². The zero-order valence-electron chi connectivity index (χ0n) is 7.00. The lowest BCUT2D eigenvalue weighted by Crippen LogP contribution is -2.45. The molecule has 2 heterocycles. The lowest BCUT2D eigenvalue weighted by Gasteiger charge is -2.39. The maximum Gasteiger partial charge on any atom is 0.0822 e. The third-order valence-corrected chi connectivity index (χ3v) is 2.45. The summed E-state index contributed by atoms with van der Waals surface area (Å²) in [5.74, 6) is 0.800.